The summed E-state index contributed by atoms with van der Waals surface area (Å²) in [4.78, 5) is 13.6. The number of fused-ring (bicyclic) bond motifs is 1. The van der Waals surface area contributed by atoms with Gasteiger partial charge in [0.1, 0.15) is 5.75 Å². The maximum atomic E-state index is 12.6. The topological polar surface area (TPSA) is 66.9 Å². The predicted octanol–water partition coefficient (Wildman–Crippen LogP) is 1.85. The first kappa shape index (κ1) is 16.8. The summed E-state index contributed by atoms with van der Waals surface area (Å²) in [7, 11) is -0.370. The summed E-state index contributed by atoms with van der Waals surface area (Å²) in [5.41, 5.74) is 0.480. The second-order valence-corrected chi connectivity index (χ2v) is 7.51. The minimum absolute atomic E-state index is 0.169. The Hall–Kier alpha value is -1.60. The Balaban J connectivity index is 2.37. The highest BCUT2D eigenvalue weighted by molar-refractivity contribution is 7.89. The summed E-state index contributed by atoms with van der Waals surface area (Å²) in [6.07, 6.45) is 1.17. The van der Waals surface area contributed by atoms with Crippen molar-refractivity contribution in [1.82, 2.24) is 4.31 Å². The zero-order chi connectivity index (χ0) is 16.5. The number of carbonyl (C=O) groups excluding carboxylic acids is 1. The van der Waals surface area contributed by atoms with E-state index >= 15 is 0 Å². The number of likely N-dealkylation sites (N-methyl/N-ethyl adjacent to an activating group) is 1. The van der Waals surface area contributed by atoms with Crippen LogP contribution in [-0.4, -0.2) is 45.4 Å². The number of rotatable bonds is 5. The zero-order valence-electron chi connectivity index (χ0n) is 13.4. The lowest BCUT2D eigenvalue weighted by Gasteiger charge is -2.30. The Bertz CT molecular complexity index is 672. The molecule has 22 heavy (non-hydrogen) atoms. The molecule has 0 fully saturated rings. The highest BCUT2D eigenvalue weighted by Crippen LogP contribution is 2.35. The van der Waals surface area contributed by atoms with Crippen molar-refractivity contribution in [3.8, 4) is 5.75 Å². The van der Waals surface area contributed by atoms with E-state index < -0.39 is 16.1 Å². The van der Waals surface area contributed by atoms with Crippen LogP contribution in [0.15, 0.2) is 23.1 Å². The van der Waals surface area contributed by atoms with Gasteiger partial charge < -0.3 is 9.64 Å². The van der Waals surface area contributed by atoms with Crippen LogP contribution in [0.5, 0.6) is 5.75 Å². The molecule has 1 unspecified atom stereocenters. The Labute approximate surface area is 131 Å². The molecule has 6 nitrogen and oxygen atoms in total. The lowest BCUT2D eigenvalue weighted by atomic mass is 10.2. The van der Waals surface area contributed by atoms with Gasteiger partial charge in [-0.05, 0) is 31.5 Å². The normalized spacial score (nSPS) is 18.3. The summed E-state index contributed by atoms with van der Waals surface area (Å²) >= 11 is 0. The summed E-state index contributed by atoms with van der Waals surface area (Å²) in [6, 6.07) is 4.62. The van der Waals surface area contributed by atoms with Gasteiger partial charge in [0.15, 0.2) is 6.10 Å². The smallest absolute Gasteiger partial charge is 0.267 e. The third-order valence-electron chi connectivity index (χ3n) is 3.81. The number of nitrogens with zero attached hydrogens (tertiary/aromatic N) is 2. The minimum Gasteiger partial charge on any atom is -0.479 e. The van der Waals surface area contributed by atoms with E-state index in [1.807, 2.05) is 6.92 Å². The third kappa shape index (κ3) is 2.96. The zero-order valence-corrected chi connectivity index (χ0v) is 14.2. The van der Waals surface area contributed by atoms with Crippen molar-refractivity contribution in [2.45, 2.75) is 37.7 Å². The monoisotopic (exact) mass is 326 g/mol. The molecule has 0 aliphatic carbocycles. The van der Waals surface area contributed by atoms with E-state index in [1.165, 1.54) is 21.3 Å². The fourth-order valence-corrected chi connectivity index (χ4v) is 3.56. The molecule has 2 rings (SSSR count). The molecule has 1 aliphatic rings. The molecular weight excluding hydrogens is 304 g/mol. The SMILES string of the molecule is CCCCN(C)S(=O)(=O)c1ccc2c(c1)N(C)C(=O)C(C)O2. The summed E-state index contributed by atoms with van der Waals surface area (Å²) in [6.45, 7) is 4.15. The second kappa shape index (κ2) is 6.26. The quantitative estimate of drug-likeness (QED) is 0.828. The number of benzene rings is 1. The van der Waals surface area contributed by atoms with Gasteiger partial charge in [0.05, 0.1) is 10.6 Å². The molecule has 0 bridgehead atoms. The van der Waals surface area contributed by atoms with Gasteiger partial charge in [0.25, 0.3) is 5.91 Å². The number of unbranched alkanes of at least 4 members (excludes halogenated alkanes) is 1. The predicted molar refractivity (Wildman–Crippen MR) is 84.7 cm³/mol. The molecule has 0 spiro atoms. The molecular formula is C15H22N2O4S. The van der Waals surface area contributed by atoms with Crippen LogP contribution in [0, 0.1) is 0 Å². The van der Waals surface area contributed by atoms with Crippen LogP contribution in [-0.2, 0) is 14.8 Å². The number of hydrogen-bond donors (Lipinski definition) is 0. The number of ether oxygens (including phenoxy) is 1. The van der Waals surface area contributed by atoms with Crippen LogP contribution in [0.4, 0.5) is 5.69 Å². The van der Waals surface area contributed by atoms with E-state index in [0.29, 0.717) is 18.0 Å². The molecule has 1 atom stereocenters. The van der Waals surface area contributed by atoms with Crippen LogP contribution in [0.1, 0.15) is 26.7 Å². The van der Waals surface area contributed by atoms with Crippen LogP contribution in [0.3, 0.4) is 0 Å². The molecule has 0 N–H and O–H groups in total. The van der Waals surface area contributed by atoms with Crippen molar-refractivity contribution in [2.24, 2.45) is 0 Å². The molecule has 0 saturated heterocycles. The van der Waals surface area contributed by atoms with Gasteiger partial charge in [-0.2, -0.15) is 0 Å². The van der Waals surface area contributed by atoms with Crippen LogP contribution in [0.2, 0.25) is 0 Å². The fourth-order valence-electron chi connectivity index (χ4n) is 2.33. The Morgan fingerprint density at radius 2 is 2.05 bits per heavy atom. The van der Waals surface area contributed by atoms with Crippen LogP contribution < -0.4 is 9.64 Å². The van der Waals surface area contributed by atoms with Gasteiger partial charge in [0, 0.05) is 20.6 Å². The van der Waals surface area contributed by atoms with E-state index in [2.05, 4.69) is 0 Å². The van der Waals surface area contributed by atoms with Gasteiger partial charge >= 0.3 is 0 Å². The summed E-state index contributed by atoms with van der Waals surface area (Å²) in [5.74, 6) is 0.325. The standard InChI is InChI=1S/C15H22N2O4S/c1-5-6-9-16(3)22(19,20)12-7-8-14-13(10-12)17(4)15(18)11(2)21-14/h7-8,10-11H,5-6,9H2,1-4H3. The average Bonchev–Trinajstić information content (AvgIpc) is 2.49. The molecule has 1 amide bonds. The molecule has 0 saturated carbocycles. The molecule has 1 heterocycles. The molecule has 1 aromatic carbocycles. The molecule has 1 aromatic rings. The van der Waals surface area contributed by atoms with E-state index in [-0.39, 0.29) is 10.8 Å². The molecule has 122 valence electrons. The Morgan fingerprint density at radius 3 is 2.68 bits per heavy atom. The highest BCUT2D eigenvalue weighted by atomic mass is 32.2. The number of amides is 1. The van der Waals surface area contributed by atoms with E-state index in [0.717, 1.165) is 12.8 Å². The first-order chi connectivity index (χ1) is 10.3. The second-order valence-electron chi connectivity index (χ2n) is 5.47. The molecule has 0 aromatic heterocycles. The number of carbonyl (C=O) groups is 1. The van der Waals surface area contributed by atoms with Crippen LogP contribution >= 0.6 is 0 Å². The highest BCUT2D eigenvalue weighted by Gasteiger charge is 2.31. The first-order valence-corrected chi connectivity index (χ1v) is 8.77. The van der Waals surface area contributed by atoms with E-state index in [1.54, 1.807) is 27.1 Å². The Morgan fingerprint density at radius 1 is 1.36 bits per heavy atom. The average molecular weight is 326 g/mol. The fraction of sp³-hybridized carbons (Fsp3) is 0.533. The number of hydrogen-bond acceptors (Lipinski definition) is 4. The van der Waals surface area contributed by atoms with Gasteiger partial charge in [0.2, 0.25) is 10.0 Å². The summed E-state index contributed by atoms with van der Waals surface area (Å²) in [5, 5.41) is 0. The van der Waals surface area contributed by atoms with Gasteiger partial charge in [-0.25, -0.2) is 12.7 Å². The van der Waals surface area contributed by atoms with Crippen molar-refractivity contribution >= 4 is 21.6 Å². The maximum Gasteiger partial charge on any atom is 0.267 e. The minimum atomic E-state index is -3.56. The number of anilines is 1. The molecule has 1 aliphatic heterocycles. The molecule has 0 radical (unpaired) electrons. The first-order valence-electron chi connectivity index (χ1n) is 7.33. The van der Waals surface area contributed by atoms with Crippen molar-refractivity contribution in [3.63, 3.8) is 0 Å². The lowest BCUT2D eigenvalue weighted by molar-refractivity contribution is -0.125. The van der Waals surface area contributed by atoms with Crippen molar-refractivity contribution in [1.29, 1.82) is 0 Å². The Kier molecular flexibility index (Phi) is 4.77. The maximum absolute atomic E-state index is 12.6. The van der Waals surface area contributed by atoms with Gasteiger partial charge in [-0.15, -0.1) is 0 Å². The van der Waals surface area contributed by atoms with Crippen molar-refractivity contribution in [2.75, 3.05) is 25.5 Å². The molecule has 7 heteroatoms. The lowest BCUT2D eigenvalue weighted by Crippen LogP contribution is -2.42. The number of sulfonamides is 1. The van der Waals surface area contributed by atoms with Gasteiger partial charge in [-0.1, -0.05) is 13.3 Å². The van der Waals surface area contributed by atoms with Crippen molar-refractivity contribution < 1.29 is 17.9 Å². The summed E-state index contributed by atoms with van der Waals surface area (Å²) < 4.78 is 32.0. The van der Waals surface area contributed by atoms with Gasteiger partial charge in [-0.3, -0.25) is 4.79 Å². The van der Waals surface area contributed by atoms with E-state index in [4.69, 9.17) is 4.74 Å². The largest absolute Gasteiger partial charge is 0.479 e. The van der Waals surface area contributed by atoms with E-state index in [9.17, 15) is 13.2 Å². The van der Waals surface area contributed by atoms with Crippen LogP contribution in [0.25, 0.3) is 0 Å². The van der Waals surface area contributed by atoms with Crippen molar-refractivity contribution in [3.05, 3.63) is 18.2 Å². The third-order valence-corrected chi connectivity index (χ3v) is 5.66.